The van der Waals surface area contributed by atoms with E-state index in [2.05, 4.69) is 62.1 Å². The van der Waals surface area contributed by atoms with Crippen molar-refractivity contribution in [1.82, 2.24) is 0 Å². The van der Waals surface area contributed by atoms with Gasteiger partial charge in [-0.1, -0.05) is 45.0 Å². The van der Waals surface area contributed by atoms with E-state index in [4.69, 9.17) is 10.5 Å². The second kappa shape index (κ2) is 7.09. The van der Waals surface area contributed by atoms with E-state index in [1.54, 1.807) is 7.11 Å². The summed E-state index contributed by atoms with van der Waals surface area (Å²) in [5.41, 5.74) is 10.5. The third kappa shape index (κ3) is 4.16. The van der Waals surface area contributed by atoms with E-state index in [0.717, 1.165) is 25.3 Å². The molecule has 3 rings (SSSR count). The van der Waals surface area contributed by atoms with E-state index in [9.17, 15) is 0 Å². The predicted octanol–water partition coefficient (Wildman–Crippen LogP) is 4.31. The van der Waals surface area contributed by atoms with Crippen LogP contribution in [0.5, 0.6) is 5.75 Å². The molecule has 1 saturated heterocycles. The minimum absolute atomic E-state index is 0.183. The Hall–Kier alpha value is -2.00. The molecular weight excluding hydrogens is 308 g/mol. The summed E-state index contributed by atoms with van der Waals surface area (Å²) in [7, 11) is 1.70. The summed E-state index contributed by atoms with van der Waals surface area (Å²) in [6.45, 7) is 8.67. The summed E-state index contributed by atoms with van der Waals surface area (Å²) in [4.78, 5) is 2.43. The standard InChI is InChI=1S/C22H30N2O/c1-22(2,3)18-7-9-20(10-8-18)24-14-17(13-19(23)15-24)16-5-11-21(25-4)12-6-16/h5-12,17,19H,13-15,23H2,1-4H3. The zero-order valence-corrected chi connectivity index (χ0v) is 15.8. The van der Waals surface area contributed by atoms with Crippen LogP contribution in [0.25, 0.3) is 0 Å². The molecule has 3 heteroatoms. The largest absolute Gasteiger partial charge is 0.497 e. The highest BCUT2D eigenvalue weighted by Gasteiger charge is 2.26. The first-order valence-corrected chi connectivity index (χ1v) is 9.12. The highest BCUT2D eigenvalue weighted by atomic mass is 16.5. The molecule has 0 aliphatic carbocycles. The maximum Gasteiger partial charge on any atom is 0.118 e. The van der Waals surface area contributed by atoms with E-state index in [1.165, 1.54) is 16.8 Å². The van der Waals surface area contributed by atoms with Crippen molar-refractivity contribution in [3.8, 4) is 5.75 Å². The molecular formula is C22H30N2O. The number of methoxy groups -OCH3 is 1. The van der Waals surface area contributed by atoms with Crippen molar-refractivity contribution in [3.05, 3.63) is 59.7 Å². The van der Waals surface area contributed by atoms with E-state index in [1.807, 2.05) is 12.1 Å². The lowest BCUT2D eigenvalue weighted by molar-refractivity contribution is 0.413. The maximum atomic E-state index is 6.38. The first-order valence-electron chi connectivity index (χ1n) is 9.12. The van der Waals surface area contributed by atoms with Gasteiger partial charge in [0.25, 0.3) is 0 Å². The average Bonchev–Trinajstić information content (AvgIpc) is 2.60. The highest BCUT2D eigenvalue weighted by molar-refractivity contribution is 5.50. The first kappa shape index (κ1) is 17.8. The number of rotatable bonds is 3. The van der Waals surface area contributed by atoms with Crippen LogP contribution in [0.2, 0.25) is 0 Å². The molecule has 25 heavy (non-hydrogen) atoms. The molecule has 1 fully saturated rings. The molecule has 2 aromatic carbocycles. The van der Waals surface area contributed by atoms with Crippen LogP contribution in [0.3, 0.4) is 0 Å². The van der Waals surface area contributed by atoms with Crippen molar-refractivity contribution < 1.29 is 4.74 Å². The van der Waals surface area contributed by atoms with Crippen LogP contribution >= 0.6 is 0 Å². The normalized spacial score (nSPS) is 21.2. The van der Waals surface area contributed by atoms with Crippen LogP contribution in [-0.2, 0) is 5.41 Å². The number of nitrogens with zero attached hydrogens (tertiary/aromatic N) is 1. The van der Waals surface area contributed by atoms with Crippen LogP contribution in [0.1, 0.15) is 44.2 Å². The molecule has 0 amide bonds. The zero-order chi connectivity index (χ0) is 18.0. The van der Waals surface area contributed by atoms with Gasteiger partial charge in [-0.15, -0.1) is 0 Å². The molecule has 134 valence electrons. The Morgan fingerprint density at radius 1 is 0.960 bits per heavy atom. The smallest absolute Gasteiger partial charge is 0.118 e. The van der Waals surface area contributed by atoms with Crippen LogP contribution in [0.15, 0.2) is 48.5 Å². The lowest BCUT2D eigenvalue weighted by atomic mass is 9.86. The summed E-state index contributed by atoms with van der Waals surface area (Å²) >= 11 is 0. The van der Waals surface area contributed by atoms with Crippen molar-refractivity contribution in [1.29, 1.82) is 0 Å². The first-order chi connectivity index (χ1) is 11.9. The Morgan fingerprint density at radius 3 is 2.16 bits per heavy atom. The van der Waals surface area contributed by atoms with Crippen LogP contribution in [0.4, 0.5) is 5.69 Å². The Bertz CT molecular complexity index is 685. The third-order valence-electron chi connectivity index (χ3n) is 5.17. The fourth-order valence-corrected chi connectivity index (χ4v) is 3.64. The van der Waals surface area contributed by atoms with Crippen LogP contribution in [0, 0.1) is 0 Å². The van der Waals surface area contributed by atoms with E-state index < -0.39 is 0 Å². The average molecular weight is 338 g/mol. The summed E-state index contributed by atoms with van der Waals surface area (Å²) in [6.07, 6.45) is 1.03. The molecule has 1 aliphatic rings. The van der Waals surface area contributed by atoms with Gasteiger partial charge >= 0.3 is 0 Å². The van der Waals surface area contributed by atoms with Gasteiger partial charge in [-0.05, 0) is 47.2 Å². The number of anilines is 1. The molecule has 1 heterocycles. The van der Waals surface area contributed by atoms with Gasteiger partial charge in [-0.2, -0.15) is 0 Å². The molecule has 2 N–H and O–H groups in total. The molecule has 2 aromatic rings. The van der Waals surface area contributed by atoms with Crippen LogP contribution in [-0.4, -0.2) is 26.2 Å². The fourth-order valence-electron chi connectivity index (χ4n) is 3.64. The van der Waals surface area contributed by atoms with Crippen molar-refractivity contribution in [2.24, 2.45) is 5.73 Å². The molecule has 1 aliphatic heterocycles. The van der Waals surface area contributed by atoms with Gasteiger partial charge in [0.15, 0.2) is 0 Å². The lowest BCUT2D eigenvalue weighted by Gasteiger charge is -2.38. The minimum Gasteiger partial charge on any atom is -0.497 e. The second-order valence-corrected chi connectivity index (χ2v) is 8.17. The molecule has 0 radical (unpaired) electrons. The lowest BCUT2D eigenvalue weighted by Crippen LogP contribution is -2.46. The molecule has 0 aromatic heterocycles. The molecule has 2 atom stereocenters. The van der Waals surface area contributed by atoms with Gasteiger partial charge in [0, 0.05) is 30.7 Å². The van der Waals surface area contributed by atoms with Gasteiger partial charge in [0.1, 0.15) is 5.75 Å². The number of hydrogen-bond donors (Lipinski definition) is 1. The van der Waals surface area contributed by atoms with E-state index in [0.29, 0.717) is 5.92 Å². The predicted molar refractivity (Wildman–Crippen MR) is 106 cm³/mol. The second-order valence-electron chi connectivity index (χ2n) is 8.17. The van der Waals surface area contributed by atoms with Crippen molar-refractivity contribution in [3.63, 3.8) is 0 Å². The number of piperidine rings is 1. The van der Waals surface area contributed by atoms with Gasteiger partial charge in [-0.3, -0.25) is 0 Å². The van der Waals surface area contributed by atoms with E-state index >= 15 is 0 Å². The zero-order valence-electron chi connectivity index (χ0n) is 15.8. The van der Waals surface area contributed by atoms with Gasteiger partial charge < -0.3 is 15.4 Å². The fraction of sp³-hybridized carbons (Fsp3) is 0.455. The van der Waals surface area contributed by atoms with E-state index in [-0.39, 0.29) is 11.5 Å². The Kier molecular flexibility index (Phi) is 5.05. The number of hydrogen-bond acceptors (Lipinski definition) is 3. The molecule has 0 spiro atoms. The summed E-state index contributed by atoms with van der Waals surface area (Å²) in [5, 5.41) is 0. The molecule has 0 bridgehead atoms. The van der Waals surface area contributed by atoms with Crippen molar-refractivity contribution in [2.75, 3.05) is 25.1 Å². The summed E-state index contributed by atoms with van der Waals surface area (Å²) in [5.74, 6) is 1.36. The number of nitrogens with two attached hydrogens (primary N) is 1. The van der Waals surface area contributed by atoms with Gasteiger partial charge in [0.05, 0.1) is 7.11 Å². The SMILES string of the molecule is COc1ccc(C2CC(N)CN(c3ccc(C(C)(C)C)cc3)C2)cc1. The molecule has 3 nitrogen and oxygen atoms in total. The van der Waals surface area contributed by atoms with Crippen molar-refractivity contribution >= 4 is 5.69 Å². The van der Waals surface area contributed by atoms with Crippen LogP contribution < -0.4 is 15.4 Å². The monoisotopic (exact) mass is 338 g/mol. The number of ether oxygens (including phenoxy) is 1. The molecule has 0 saturated carbocycles. The third-order valence-corrected chi connectivity index (χ3v) is 5.17. The minimum atomic E-state index is 0.183. The topological polar surface area (TPSA) is 38.5 Å². The van der Waals surface area contributed by atoms with Crippen molar-refractivity contribution in [2.45, 2.75) is 44.6 Å². The summed E-state index contributed by atoms with van der Waals surface area (Å²) < 4.78 is 5.27. The Balaban J connectivity index is 1.78. The Morgan fingerprint density at radius 2 is 1.60 bits per heavy atom. The highest BCUT2D eigenvalue weighted by Crippen LogP contribution is 2.32. The van der Waals surface area contributed by atoms with Gasteiger partial charge in [0.2, 0.25) is 0 Å². The molecule has 2 unspecified atom stereocenters. The Labute approximate surface area is 151 Å². The number of benzene rings is 2. The maximum absolute atomic E-state index is 6.38. The quantitative estimate of drug-likeness (QED) is 0.906. The summed E-state index contributed by atoms with van der Waals surface area (Å²) in [6, 6.07) is 17.6. The van der Waals surface area contributed by atoms with Gasteiger partial charge in [-0.25, -0.2) is 0 Å².